The number of fused-ring (bicyclic) bond motifs is 1. The lowest BCUT2D eigenvalue weighted by atomic mass is 10.1. The fourth-order valence-corrected chi connectivity index (χ4v) is 2.43. The molecular formula is C16H15NO. The predicted molar refractivity (Wildman–Crippen MR) is 74.9 cm³/mol. The molecule has 0 atom stereocenters. The highest BCUT2D eigenvalue weighted by molar-refractivity contribution is 5.91. The maximum absolute atomic E-state index is 5.44. The third kappa shape index (κ3) is 1.58. The zero-order valence-corrected chi connectivity index (χ0v) is 10.6. The van der Waals surface area contributed by atoms with Crippen LogP contribution in [0, 0.1) is 0 Å². The zero-order chi connectivity index (χ0) is 12.5. The molecule has 0 aliphatic heterocycles. The summed E-state index contributed by atoms with van der Waals surface area (Å²) < 4.78 is 7.62. The number of para-hydroxylation sites is 1. The van der Waals surface area contributed by atoms with Crippen molar-refractivity contribution in [3.8, 4) is 17.0 Å². The summed E-state index contributed by atoms with van der Waals surface area (Å²) in [7, 11) is 3.79. The minimum absolute atomic E-state index is 0.914. The smallest absolute Gasteiger partial charge is 0.143 e. The van der Waals surface area contributed by atoms with E-state index in [-0.39, 0.29) is 0 Å². The molecule has 0 amide bonds. The second-order valence-electron chi connectivity index (χ2n) is 4.35. The molecule has 0 bridgehead atoms. The summed E-state index contributed by atoms with van der Waals surface area (Å²) in [5.74, 6) is 0.914. The molecule has 1 aromatic heterocycles. The van der Waals surface area contributed by atoms with Crippen molar-refractivity contribution in [2.75, 3.05) is 7.11 Å². The molecule has 3 aromatic rings. The minimum atomic E-state index is 0.914. The molecule has 0 N–H and O–H groups in total. The zero-order valence-electron chi connectivity index (χ0n) is 10.6. The Morgan fingerprint density at radius 3 is 2.44 bits per heavy atom. The summed E-state index contributed by atoms with van der Waals surface area (Å²) in [6.07, 6.45) is 0. The van der Waals surface area contributed by atoms with Crippen LogP contribution in [0.15, 0.2) is 54.6 Å². The van der Waals surface area contributed by atoms with Crippen molar-refractivity contribution >= 4 is 10.9 Å². The van der Waals surface area contributed by atoms with Crippen molar-refractivity contribution in [1.29, 1.82) is 0 Å². The fraction of sp³-hybridized carbons (Fsp3) is 0.125. The van der Waals surface area contributed by atoms with Gasteiger partial charge < -0.3 is 9.30 Å². The normalized spacial score (nSPS) is 10.8. The Hall–Kier alpha value is -2.22. The van der Waals surface area contributed by atoms with Crippen LogP contribution in [-0.4, -0.2) is 11.7 Å². The van der Waals surface area contributed by atoms with Crippen molar-refractivity contribution in [2.24, 2.45) is 7.05 Å². The summed E-state index contributed by atoms with van der Waals surface area (Å²) in [6.45, 7) is 0. The number of rotatable bonds is 2. The second-order valence-corrected chi connectivity index (χ2v) is 4.35. The van der Waals surface area contributed by atoms with Gasteiger partial charge in [0.25, 0.3) is 0 Å². The van der Waals surface area contributed by atoms with Crippen LogP contribution in [0.5, 0.6) is 5.75 Å². The first-order valence-electron chi connectivity index (χ1n) is 5.99. The molecule has 2 nitrogen and oxygen atoms in total. The highest BCUT2D eigenvalue weighted by atomic mass is 16.5. The van der Waals surface area contributed by atoms with Gasteiger partial charge in [0.15, 0.2) is 0 Å². The monoisotopic (exact) mass is 237 g/mol. The van der Waals surface area contributed by atoms with Gasteiger partial charge in [-0.1, -0.05) is 42.5 Å². The second kappa shape index (κ2) is 4.22. The van der Waals surface area contributed by atoms with Gasteiger partial charge in [-0.05, 0) is 17.7 Å². The molecule has 0 fully saturated rings. The molecule has 0 aliphatic carbocycles. The average Bonchev–Trinajstić information content (AvgIpc) is 2.77. The van der Waals surface area contributed by atoms with Gasteiger partial charge in [0.05, 0.1) is 12.6 Å². The summed E-state index contributed by atoms with van der Waals surface area (Å²) in [5, 5.41) is 1.20. The topological polar surface area (TPSA) is 14.2 Å². The minimum Gasteiger partial charge on any atom is -0.495 e. The van der Waals surface area contributed by atoms with Crippen LogP contribution in [0.25, 0.3) is 22.2 Å². The summed E-state index contributed by atoms with van der Waals surface area (Å²) in [6, 6.07) is 18.7. The van der Waals surface area contributed by atoms with E-state index in [4.69, 9.17) is 4.74 Å². The van der Waals surface area contributed by atoms with E-state index in [0.29, 0.717) is 0 Å². The number of hydrogen-bond acceptors (Lipinski definition) is 1. The highest BCUT2D eigenvalue weighted by Gasteiger charge is 2.10. The van der Waals surface area contributed by atoms with E-state index in [1.807, 2.05) is 18.2 Å². The van der Waals surface area contributed by atoms with Gasteiger partial charge >= 0.3 is 0 Å². The number of nitrogens with zero attached hydrogens (tertiary/aromatic N) is 1. The van der Waals surface area contributed by atoms with Crippen molar-refractivity contribution in [3.63, 3.8) is 0 Å². The van der Waals surface area contributed by atoms with Crippen LogP contribution >= 0.6 is 0 Å². The van der Waals surface area contributed by atoms with Gasteiger partial charge in [0.2, 0.25) is 0 Å². The van der Waals surface area contributed by atoms with Crippen molar-refractivity contribution in [1.82, 2.24) is 4.57 Å². The Morgan fingerprint density at radius 2 is 1.72 bits per heavy atom. The lowest BCUT2D eigenvalue weighted by molar-refractivity contribution is 0.418. The van der Waals surface area contributed by atoms with E-state index in [2.05, 4.69) is 48.0 Å². The van der Waals surface area contributed by atoms with E-state index in [9.17, 15) is 0 Å². The molecule has 18 heavy (non-hydrogen) atoms. The Kier molecular flexibility index (Phi) is 2.56. The lowest BCUT2D eigenvalue weighted by Crippen LogP contribution is -1.93. The summed E-state index contributed by atoms with van der Waals surface area (Å²) in [4.78, 5) is 0. The van der Waals surface area contributed by atoms with Crippen LogP contribution in [0.2, 0.25) is 0 Å². The van der Waals surface area contributed by atoms with Crippen LogP contribution in [0.4, 0.5) is 0 Å². The molecule has 1 heterocycles. The van der Waals surface area contributed by atoms with Crippen molar-refractivity contribution < 1.29 is 4.74 Å². The first kappa shape index (κ1) is 10.9. The first-order valence-corrected chi connectivity index (χ1v) is 5.99. The lowest BCUT2D eigenvalue weighted by Gasteiger charge is -2.07. The molecule has 0 radical (unpaired) electrons. The quantitative estimate of drug-likeness (QED) is 0.660. The van der Waals surface area contributed by atoms with Crippen LogP contribution < -0.4 is 4.74 Å². The largest absolute Gasteiger partial charge is 0.495 e. The van der Waals surface area contributed by atoms with E-state index in [0.717, 1.165) is 11.3 Å². The number of benzene rings is 2. The van der Waals surface area contributed by atoms with E-state index < -0.39 is 0 Å². The molecule has 2 aromatic carbocycles. The first-order chi connectivity index (χ1) is 8.81. The van der Waals surface area contributed by atoms with Gasteiger partial charge in [0.1, 0.15) is 5.75 Å². The Morgan fingerprint density at radius 1 is 0.944 bits per heavy atom. The third-order valence-electron chi connectivity index (χ3n) is 3.31. The molecule has 0 aliphatic rings. The molecule has 0 spiro atoms. The molecule has 3 rings (SSSR count). The fourth-order valence-electron chi connectivity index (χ4n) is 2.43. The number of aromatic nitrogens is 1. The average molecular weight is 237 g/mol. The van der Waals surface area contributed by atoms with Gasteiger partial charge in [-0.25, -0.2) is 0 Å². The molecule has 2 heteroatoms. The maximum Gasteiger partial charge on any atom is 0.143 e. The number of hydrogen-bond donors (Lipinski definition) is 0. The maximum atomic E-state index is 5.44. The van der Waals surface area contributed by atoms with Crippen LogP contribution in [-0.2, 0) is 7.05 Å². The van der Waals surface area contributed by atoms with Crippen molar-refractivity contribution in [2.45, 2.75) is 0 Å². The van der Waals surface area contributed by atoms with Gasteiger partial charge in [-0.2, -0.15) is 0 Å². The number of ether oxygens (including phenoxy) is 1. The van der Waals surface area contributed by atoms with Gasteiger partial charge in [-0.3, -0.25) is 0 Å². The Balaban J connectivity index is 2.30. The molecule has 90 valence electrons. The Labute approximate surface area is 106 Å². The van der Waals surface area contributed by atoms with E-state index >= 15 is 0 Å². The number of aryl methyl sites for hydroxylation is 1. The molecule has 0 unspecified atom stereocenters. The van der Waals surface area contributed by atoms with Crippen LogP contribution in [0.1, 0.15) is 0 Å². The third-order valence-corrected chi connectivity index (χ3v) is 3.31. The molecular weight excluding hydrogens is 222 g/mol. The summed E-state index contributed by atoms with van der Waals surface area (Å²) in [5.41, 5.74) is 3.56. The van der Waals surface area contributed by atoms with E-state index in [1.54, 1.807) is 7.11 Å². The predicted octanol–water partition coefficient (Wildman–Crippen LogP) is 3.85. The van der Waals surface area contributed by atoms with Crippen LogP contribution in [0.3, 0.4) is 0 Å². The standard InChI is InChI=1S/C16H15NO/c1-17-14(12-7-4-3-5-8-12)11-13-9-6-10-15(18-2)16(13)17/h3-11H,1-2H3. The highest BCUT2D eigenvalue weighted by Crippen LogP contribution is 2.32. The summed E-state index contributed by atoms with van der Waals surface area (Å²) >= 11 is 0. The van der Waals surface area contributed by atoms with Gasteiger partial charge in [0, 0.05) is 18.1 Å². The molecule has 0 saturated heterocycles. The SMILES string of the molecule is COc1cccc2cc(-c3ccccc3)n(C)c12. The van der Waals surface area contributed by atoms with Crippen molar-refractivity contribution in [3.05, 3.63) is 54.6 Å². The molecule has 0 saturated carbocycles. The van der Waals surface area contributed by atoms with E-state index in [1.165, 1.54) is 16.6 Å². The number of methoxy groups -OCH3 is 1. The Bertz CT molecular complexity index is 683. The van der Waals surface area contributed by atoms with Gasteiger partial charge in [-0.15, -0.1) is 0 Å².